The van der Waals surface area contributed by atoms with Crippen LogP contribution < -0.4 is 10.5 Å². The third-order valence-electron chi connectivity index (χ3n) is 1.72. The Morgan fingerprint density at radius 2 is 1.79 bits per heavy atom. The number of benzene rings is 1. The molecule has 0 aliphatic heterocycles. The predicted molar refractivity (Wildman–Crippen MR) is 51.2 cm³/mol. The number of carbonyl (C=O) groups is 1. The maximum atomic E-state index is 11.3. The third-order valence-corrected chi connectivity index (χ3v) is 3.15. The molecule has 0 atom stereocenters. The van der Waals surface area contributed by atoms with Gasteiger partial charge in [-0.25, -0.2) is 13.1 Å². The van der Waals surface area contributed by atoms with Crippen molar-refractivity contribution in [2.24, 2.45) is 5.73 Å². The molecule has 1 aromatic carbocycles. The second-order valence-corrected chi connectivity index (χ2v) is 4.48. The molecule has 0 bridgehead atoms. The fourth-order valence-electron chi connectivity index (χ4n) is 0.916. The third kappa shape index (κ3) is 2.09. The van der Waals surface area contributed by atoms with Gasteiger partial charge in [-0.1, -0.05) is 0 Å². The van der Waals surface area contributed by atoms with Gasteiger partial charge >= 0.3 is 0 Å². The molecule has 0 aliphatic rings. The number of primary amides is 1. The monoisotopic (exact) mass is 214 g/mol. The summed E-state index contributed by atoms with van der Waals surface area (Å²) in [6.45, 7) is 0. The topological polar surface area (TPSA) is 89.3 Å². The average molecular weight is 214 g/mol. The maximum absolute atomic E-state index is 11.3. The zero-order valence-corrected chi connectivity index (χ0v) is 8.34. The van der Waals surface area contributed by atoms with Crippen LogP contribution in [0.15, 0.2) is 29.2 Å². The van der Waals surface area contributed by atoms with Gasteiger partial charge in [-0.05, 0) is 31.3 Å². The maximum Gasteiger partial charge on any atom is 0.248 e. The Hall–Kier alpha value is -1.40. The smallest absolute Gasteiger partial charge is 0.248 e. The lowest BCUT2D eigenvalue weighted by Gasteiger charge is -2.02. The number of sulfonamides is 1. The highest BCUT2D eigenvalue weighted by atomic mass is 32.2. The quantitative estimate of drug-likeness (QED) is 0.723. The Kier molecular flexibility index (Phi) is 2.87. The zero-order valence-electron chi connectivity index (χ0n) is 7.52. The van der Waals surface area contributed by atoms with Crippen LogP contribution >= 0.6 is 0 Å². The Morgan fingerprint density at radius 3 is 2.14 bits per heavy atom. The molecule has 76 valence electrons. The van der Waals surface area contributed by atoms with Crippen molar-refractivity contribution in [3.63, 3.8) is 0 Å². The number of nitrogens with one attached hydrogen (secondary N) is 1. The molecule has 0 aliphatic carbocycles. The van der Waals surface area contributed by atoms with E-state index in [1.165, 1.54) is 31.3 Å². The fraction of sp³-hybridized carbons (Fsp3) is 0.125. The lowest BCUT2D eigenvalue weighted by Crippen LogP contribution is -2.19. The lowest BCUT2D eigenvalue weighted by atomic mass is 10.2. The number of hydrogen-bond donors (Lipinski definition) is 2. The molecule has 0 fully saturated rings. The van der Waals surface area contributed by atoms with Crippen molar-refractivity contribution >= 4 is 15.9 Å². The summed E-state index contributed by atoms with van der Waals surface area (Å²) in [6.07, 6.45) is 0. The van der Waals surface area contributed by atoms with E-state index in [0.717, 1.165) is 0 Å². The van der Waals surface area contributed by atoms with Gasteiger partial charge in [0.25, 0.3) is 0 Å². The van der Waals surface area contributed by atoms with Crippen molar-refractivity contribution in [2.45, 2.75) is 4.90 Å². The lowest BCUT2D eigenvalue weighted by molar-refractivity contribution is 0.1000. The van der Waals surface area contributed by atoms with Crippen LogP contribution in [0.3, 0.4) is 0 Å². The first-order chi connectivity index (χ1) is 6.47. The molecule has 6 heteroatoms. The first kappa shape index (κ1) is 10.7. The fourth-order valence-corrected chi connectivity index (χ4v) is 1.65. The summed E-state index contributed by atoms with van der Waals surface area (Å²) < 4.78 is 24.7. The number of nitrogens with two attached hydrogens (primary N) is 1. The van der Waals surface area contributed by atoms with Crippen LogP contribution in [0.1, 0.15) is 10.4 Å². The van der Waals surface area contributed by atoms with E-state index < -0.39 is 15.9 Å². The molecule has 0 radical (unpaired) electrons. The van der Waals surface area contributed by atoms with Gasteiger partial charge in [0.05, 0.1) is 4.90 Å². The number of hydrogen-bond acceptors (Lipinski definition) is 3. The van der Waals surface area contributed by atoms with Gasteiger partial charge < -0.3 is 5.73 Å². The first-order valence-electron chi connectivity index (χ1n) is 3.81. The van der Waals surface area contributed by atoms with E-state index in [1.54, 1.807) is 0 Å². The van der Waals surface area contributed by atoms with Crippen LogP contribution in [0.2, 0.25) is 0 Å². The van der Waals surface area contributed by atoms with E-state index in [0.29, 0.717) is 0 Å². The minimum absolute atomic E-state index is 0.102. The van der Waals surface area contributed by atoms with Crippen LogP contribution in [0.25, 0.3) is 0 Å². The van der Waals surface area contributed by atoms with Crippen molar-refractivity contribution in [3.05, 3.63) is 29.8 Å². The summed E-state index contributed by atoms with van der Waals surface area (Å²) in [7, 11) is -2.13. The highest BCUT2D eigenvalue weighted by molar-refractivity contribution is 7.89. The molecule has 1 aromatic rings. The van der Waals surface area contributed by atoms with Crippen molar-refractivity contribution in [3.8, 4) is 0 Å². The molecule has 0 aromatic heterocycles. The van der Waals surface area contributed by atoms with Gasteiger partial charge in [0.2, 0.25) is 15.9 Å². The second-order valence-electron chi connectivity index (χ2n) is 2.60. The van der Waals surface area contributed by atoms with Crippen LogP contribution in [0.5, 0.6) is 0 Å². The van der Waals surface area contributed by atoms with Gasteiger partial charge in [0.1, 0.15) is 0 Å². The average Bonchev–Trinajstić information content (AvgIpc) is 2.18. The summed E-state index contributed by atoms with van der Waals surface area (Å²) in [5.41, 5.74) is 5.28. The summed E-state index contributed by atoms with van der Waals surface area (Å²) in [6, 6.07) is 5.39. The second kappa shape index (κ2) is 3.77. The first-order valence-corrected chi connectivity index (χ1v) is 5.29. The molecule has 1 rings (SSSR count). The summed E-state index contributed by atoms with van der Waals surface area (Å²) in [5.74, 6) is -0.585. The number of carbonyl (C=O) groups excluding carboxylic acids is 1. The normalized spacial score (nSPS) is 11.2. The predicted octanol–water partition coefficient (Wildman–Crippen LogP) is -0.306. The van der Waals surface area contributed by atoms with Crippen LogP contribution in [0, 0.1) is 0 Å². The molecule has 1 amide bonds. The van der Waals surface area contributed by atoms with Crippen LogP contribution in [-0.2, 0) is 10.0 Å². The minimum atomic E-state index is -3.44. The SMILES string of the molecule is CNS(=O)(=O)c1ccc(C(N)=O)cc1. The number of rotatable bonds is 3. The van der Waals surface area contributed by atoms with E-state index in [-0.39, 0.29) is 10.5 Å². The van der Waals surface area contributed by atoms with Crippen molar-refractivity contribution in [1.82, 2.24) is 4.72 Å². The van der Waals surface area contributed by atoms with Gasteiger partial charge in [-0.3, -0.25) is 4.79 Å². The van der Waals surface area contributed by atoms with Gasteiger partial charge in [-0.15, -0.1) is 0 Å². The number of amides is 1. The molecule has 0 unspecified atom stereocenters. The Morgan fingerprint density at radius 1 is 1.29 bits per heavy atom. The highest BCUT2D eigenvalue weighted by Crippen LogP contribution is 2.09. The van der Waals surface area contributed by atoms with E-state index in [2.05, 4.69) is 4.72 Å². The molecule has 14 heavy (non-hydrogen) atoms. The molecule has 0 heterocycles. The van der Waals surface area contributed by atoms with Crippen molar-refractivity contribution in [1.29, 1.82) is 0 Å². The van der Waals surface area contributed by atoms with Gasteiger partial charge in [0.15, 0.2) is 0 Å². The van der Waals surface area contributed by atoms with Gasteiger partial charge in [0, 0.05) is 5.56 Å². The summed E-state index contributed by atoms with van der Waals surface area (Å²) in [5, 5.41) is 0. The van der Waals surface area contributed by atoms with Crippen molar-refractivity contribution in [2.75, 3.05) is 7.05 Å². The summed E-state index contributed by atoms with van der Waals surface area (Å²) in [4.78, 5) is 10.8. The Balaban J connectivity index is 3.12. The van der Waals surface area contributed by atoms with E-state index in [9.17, 15) is 13.2 Å². The summed E-state index contributed by atoms with van der Waals surface area (Å²) >= 11 is 0. The Bertz CT molecular complexity index is 436. The molecule has 5 nitrogen and oxygen atoms in total. The molecule has 0 saturated heterocycles. The molecule has 0 spiro atoms. The zero-order chi connectivity index (χ0) is 10.8. The van der Waals surface area contributed by atoms with Crippen LogP contribution in [0.4, 0.5) is 0 Å². The van der Waals surface area contributed by atoms with E-state index in [4.69, 9.17) is 5.73 Å². The minimum Gasteiger partial charge on any atom is -0.366 e. The van der Waals surface area contributed by atoms with E-state index >= 15 is 0 Å². The van der Waals surface area contributed by atoms with E-state index in [1.807, 2.05) is 0 Å². The molecule has 3 N–H and O–H groups in total. The van der Waals surface area contributed by atoms with Crippen molar-refractivity contribution < 1.29 is 13.2 Å². The molecular formula is C8H10N2O3S. The van der Waals surface area contributed by atoms with Gasteiger partial charge in [-0.2, -0.15) is 0 Å². The Labute approximate surface area is 82.0 Å². The molecular weight excluding hydrogens is 204 g/mol. The largest absolute Gasteiger partial charge is 0.366 e. The highest BCUT2D eigenvalue weighted by Gasteiger charge is 2.10. The standard InChI is InChI=1S/C8H10N2O3S/c1-10-14(12,13)7-4-2-6(3-5-7)8(9)11/h2-5,10H,1H3,(H2,9,11). The molecule has 0 saturated carbocycles. The van der Waals surface area contributed by atoms with Crippen LogP contribution in [-0.4, -0.2) is 21.4 Å².